The molecule has 0 radical (unpaired) electrons. The number of H-pyrrole nitrogens is 2. The van der Waals surface area contributed by atoms with E-state index >= 15 is 0 Å². The number of nitrogens with one attached hydrogen (secondary N) is 2. The van der Waals surface area contributed by atoms with Gasteiger partial charge >= 0.3 is 0 Å². The molecule has 0 amide bonds. The lowest BCUT2D eigenvalue weighted by molar-refractivity contribution is 0.0343. The minimum atomic E-state index is -0.324. The molecule has 0 bridgehead atoms. The van der Waals surface area contributed by atoms with Crippen LogP contribution in [0.3, 0.4) is 0 Å². The lowest BCUT2D eigenvalue weighted by atomic mass is 9.87. The van der Waals surface area contributed by atoms with Crippen LogP contribution in [0.4, 0.5) is 0 Å². The van der Waals surface area contributed by atoms with Crippen molar-refractivity contribution in [2.24, 2.45) is 0 Å². The van der Waals surface area contributed by atoms with Crippen LogP contribution in [0.5, 0.6) is 5.88 Å². The Morgan fingerprint density at radius 1 is 1.33 bits per heavy atom. The van der Waals surface area contributed by atoms with Crippen molar-refractivity contribution in [2.45, 2.75) is 37.7 Å². The molecule has 0 saturated heterocycles. The SMILES string of the molecule is CC1CC2(CCc3c([nH]c(=S)[nH]c3=O)O2)c2ccccc21. The van der Waals surface area contributed by atoms with Crippen LogP contribution in [0.25, 0.3) is 0 Å². The van der Waals surface area contributed by atoms with E-state index in [1.165, 1.54) is 11.1 Å². The highest BCUT2D eigenvalue weighted by Crippen LogP contribution is 2.51. The van der Waals surface area contributed by atoms with Crippen molar-refractivity contribution in [1.29, 1.82) is 0 Å². The Morgan fingerprint density at radius 2 is 2.14 bits per heavy atom. The van der Waals surface area contributed by atoms with Gasteiger partial charge in [-0.1, -0.05) is 31.2 Å². The van der Waals surface area contributed by atoms with Crippen LogP contribution in [-0.2, 0) is 12.0 Å². The molecule has 1 aromatic carbocycles. The van der Waals surface area contributed by atoms with Crippen LogP contribution < -0.4 is 10.3 Å². The summed E-state index contributed by atoms with van der Waals surface area (Å²) in [6.45, 7) is 2.23. The predicted molar refractivity (Wildman–Crippen MR) is 82.3 cm³/mol. The van der Waals surface area contributed by atoms with Crippen molar-refractivity contribution in [3.63, 3.8) is 0 Å². The molecule has 2 aliphatic rings. The number of aromatic amines is 2. The molecule has 1 aliphatic heterocycles. The second-order valence-corrected chi connectivity index (χ2v) is 6.41. The first kappa shape index (κ1) is 12.8. The third-order valence-electron chi connectivity index (χ3n) is 4.70. The van der Waals surface area contributed by atoms with Gasteiger partial charge in [0.25, 0.3) is 5.56 Å². The highest BCUT2D eigenvalue weighted by atomic mass is 32.1. The number of fused-ring (bicyclic) bond motifs is 3. The summed E-state index contributed by atoms with van der Waals surface area (Å²) in [7, 11) is 0. The molecule has 0 saturated carbocycles. The molecule has 2 N–H and O–H groups in total. The molecule has 1 aliphatic carbocycles. The molecular formula is C16H16N2O2S. The smallest absolute Gasteiger partial charge is 0.258 e. The monoisotopic (exact) mass is 300 g/mol. The van der Waals surface area contributed by atoms with E-state index in [0.717, 1.165) is 12.8 Å². The van der Waals surface area contributed by atoms with Crippen molar-refractivity contribution in [3.8, 4) is 5.88 Å². The minimum Gasteiger partial charge on any atom is -0.467 e. The maximum absolute atomic E-state index is 12.0. The number of aromatic nitrogens is 2. The summed E-state index contributed by atoms with van der Waals surface area (Å²) in [5.74, 6) is 1.01. The Labute approximate surface area is 127 Å². The summed E-state index contributed by atoms with van der Waals surface area (Å²) in [5, 5.41) is 0. The van der Waals surface area contributed by atoms with Gasteiger partial charge in [-0.2, -0.15) is 0 Å². The highest BCUT2D eigenvalue weighted by Gasteiger charge is 2.46. The van der Waals surface area contributed by atoms with Gasteiger partial charge in [0, 0.05) is 0 Å². The molecule has 4 rings (SSSR count). The number of benzene rings is 1. The maximum Gasteiger partial charge on any atom is 0.258 e. The zero-order valence-electron chi connectivity index (χ0n) is 11.7. The Bertz CT molecular complexity index is 839. The largest absolute Gasteiger partial charge is 0.467 e. The van der Waals surface area contributed by atoms with Gasteiger partial charge in [0.2, 0.25) is 5.88 Å². The average Bonchev–Trinajstić information content (AvgIpc) is 2.71. The zero-order valence-corrected chi connectivity index (χ0v) is 12.5. The van der Waals surface area contributed by atoms with E-state index in [0.29, 0.717) is 28.6 Å². The molecule has 21 heavy (non-hydrogen) atoms. The molecule has 5 heteroatoms. The number of rotatable bonds is 0. The van der Waals surface area contributed by atoms with Gasteiger partial charge in [-0.05, 0) is 48.5 Å². The third-order valence-corrected chi connectivity index (χ3v) is 4.90. The van der Waals surface area contributed by atoms with E-state index in [9.17, 15) is 4.79 Å². The molecule has 2 unspecified atom stereocenters. The van der Waals surface area contributed by atoms with Gasteiger partial charge in [-0.25, -0.2) is 0 Å². The van der Waals surface area contributed by atoms with Gasteiger partial charge in [0.15, 0.2) is 4.77 Å². The van der Waals surface area contributed by atoms with E-state index in [-0.39, 0.29) is 11.2 Å². The van der Waals surface area contributed by atoms with Crippen LogP contribution in [0.15, 0.2) is 29.1 Å². The fraction of sp³-hybridized carbons (Fsp3) is 0.375. The van der Waals surface area contributed by atoms with Crippen molar-refractivity contribution in [2.75, 3.05) is 0 Å². The van der Waals surface area contributed by atoms with Gasteiger partial charge < -0.3 is 9.72 Å². The lowest BCUT2D eigenvalue weighted by Crippen LogP contribution is -2.37. The van der Waals surface area contributed by atoms with E-state index in [1.807, 2.05) is 0 Å². The molecule has 2 aromatic rings. The van der Waals surface area contributed by atoms with Gasteiger partial charge in [0.05, 0.1) is 5.56 Å². The first-order chi connectivity index (χ1) is 10.1. The topological polar surface area (TPSA) is 57.9 Å². The summed E-state index contributed by atoms with van der Waals surface area (Å²) in [4.78, 5) is 17.6. The van der Waals surface area contributed by atoms with Crippen LogP contribution in [-0.4, -0.2) is 9.97 Å². The molecule has 1 aromatic heterocycles. The highest BCUT2D eigenvalue weighted by molar-refractivity contribution is 7.71. The predicted octanol–water partition coefficient (Wildman–Crippen LogP) is 3.16. The minimum absolute atomic E-state index is 0.136. The van der Waals surface area contributed by atoms with E-state index in [2.05, 4.69) is 41.2 Å². The normalized spacial score (nSPS) is 26.2. The third kappa shape index (κ3) is 1.80. The maximum atomic E-state index is 12.0. The van der Waals surface area contributed by atoms with Gasteiger partial charge in [-0.3, -0.25) is 9.78 Å². The summed E-state index contributed by atoms with van der Waals surface area (Å²) >= 11 is 5.06. The average molecular weight is 300 g/mol. The fourth-order valence-corrected chi connectivity index (χ4v) is 3.95. The fourth-order valence-electron chi connectivity index (χ4n) is 3.77. The Balaban J connectivity index is 1.87. The van der Waals surface area contributed by atoms with E-state index < -0.39 is 0 Å². The first-order valence-corrected chi connectivity index (χ1v) is 7.64. The second kappa shape index (κ2) is 4.31. The van der Waals surface area contributed by atoms with Crippen molar-refractivity contribution in [3.05, 3.63) is 56.1 Å². The van der Waals surface area contributed by atoms with Crippen LogP contribution >= 0.6 is 12.2 Å². The summed E-state index contributed by atoms with van der Waals surface area (Å²) in [6.07, 6.45) is 2.48. The quantitative estimate of drug-likeness (QED) is 0.735. The second-order valence-electron chi connectivity index (χ2n) is 6.00. The van der Waals surface area contributed by atoms with Crippen LogP contribution in [0.2, 0.25) is 0 Å². The van der Waals surface area contributed by atoms with E-state index in [4.69, 9.17) is 17.0 Å². The molecular weight excluding hydrogens is 284 g/mol. The first-order valence-electron chi connectivity index (χ1n) is 7.23. The molecule has 0 fully saturated rings. The molecule has 2 atom stereocenters. The van der Waals surface area contributed by atoms with Gasteiger partial charge in [-0.15, -0.1) is 0 Å². The molecule has 108 valence electrons. The number of hydrogen-bond donors (Lipinski definition) is 2. The van der Waals surface area contributed by atoms with Crippen molar-refractivity contribution in [1.82, 2.24) is 9.97 Å². The lowest BCUT2D eigenvalue weighted by Gasteiger charge is -2.35. The summed E-state index contributed by atoms with van der Waals surface area (Å²) < 4.78 is 6.61. The Morgan fingerprint density at radius 3 is 3.00 bits per heavy atom. The number of hydrogen-bond acceptors (Lipinski definition) is 3. The molecule has 1 spiro atoms. The van der Waals surface area contributed by atoms with Crippen molar-refractivity contribution >= 4 is 12.2 Å². The zero-order chi connectivity index (χ0) is 14.6. The standard InChI is InChI=1S/C16H16N2O2S/c1-9-8-16(12-5-3-2-4-10(9)12)7-6-11-13(19)17-15(21)18-14(11)20-16/h2-5,9H,6-8H2,1H3,(H2,17,18,19,21). The van der Waals surface area contributed by atoms with Gasteiger partial charge in [0.1, 0.15) is 5.60 Å². The van der Waals surface area contributed by atoms with Crippen LogP contribution in [0, 0.1) is 4.77 Å². The number of ether oxygens (including phenoxy) is 1. The Kier molecular flexibility index (Phi) is 2.63. The summed E-state index contributed by atoms with van der Waals surface area (Å²) in [5.41, 5.74) is 2.82. The molecule has 2 heterocycles. The molecule has 4 nitrogen and oxygen atoms in total. The van der Waals surface area contributed by atoms with E-state index in [1.54, 1.807) is 0 Å². The Hall–Kier alpha value is -1.88. The van der Waals surface area contributed by atoms with Crippen LogP contribution in [0.1, 0.15) is 42.4 Å². The van der Waals surface area contributed by atoms with Crippen molar-refractivity contribution < 1.29 is 4.74 Å². The summed E-state index contributed by atoms with van der Waals surface area (Å²) in [6, 6.07) is 8.44.